The zero-order valence-corrected chi connectivity index (χ0v) is 9.91. The van der Waals surface area contributed by atoms with Gasteiger partial charge in [-0.15, -0.1) is 0 Å². The third-order valence-corrected chi connectivity index (χ3v) is 1.57. The van der Waals surface area contributed by atoms with E-state index in [1.165, 1.54) is 0 Å². The molecule has 0 aliphatic heterocycles. The number of benzene rings is 1. The summed E-state index contributed by atoms with van der Waals surface area (Å²) in [5.41, 5.74) is -3.07. The number of phenolic OH excluding ortho intramolecular Hbond substituents is 1. The van der Waals surface area contributed by atoms with Crippen molar-refractivity contribution in [3.8, 4) is 5.75 Å². The largest absolute Gasteiger partial charge is 0.508 e. The Kier molecular flexibility index (Phi) is 4.62. The molecule has 0 amide bonds. The predicted octanol–water partition coefficient (Wildman–Crippen LogP) is 3.43. The molecule has 1 aromatic rings. The first-order valence-corrected chi connectivity index (χ1v) is 3.59. The smallest absolute Gasteiger partial charge is 0.416 e. The fraction of sp³-hybridized carbons (Fsp3) is 0.250. The number of hydrogen-bond donors (Lipinski definition) is 1. The van der Waals surface area contributed by atoms with Crippen LogP contribution >= 0.6 is 0 Å². The van der Waals surface area contributed by atoms with Crippen molar-refractivity contribution >= 4 is 0 Å². The number of rotatable bonds is 0. The zero-order valence-electron chi connectivity index (χ0n) is 7.45. The number of hydrogen-bond acceptors (Lipinski definition) is 1. The topological polar surface area (TPSA) is 20.2 Å². The van der Waals surface area contributed by atoms with Gasteiger partial charge in [0.2, 0.25) is 0 Å². The Bertz CT molecular complexity index is 338. The first-order valence-electron chi connectivity index (χ1n) is 3.59. The van der Waals surface area contributed by atoms with Crippen molar-refractivity contribution in [2.45, 2.75) is 12.4 Å². The van der Waals surface area contributed by atoms with Gasteiger partial charge in [-0.1, -0.05) is 0 Å². The van der Waals surface area contributed by atoms with Gasteiger partial charge in [0.05, 0.1) is 11.1 Å². The van der Waals surface area contributed by atoms with Crippen molar-refractivity contribution in [3.05, 3.63) is 29.3 Å². The molecule has 1 N–H and O–H groups in total. The second-order valence-electron chi connectivity index (χ2n) is 2.76. The zero-order chi connectivity index (χ0) is 11.9. The van der Waals surface area contributed by atoms with Gasteiger partial charge in [-0.05, 0) is 18.2 Å². The van der Waals surface area contributed by atoms with E-state index in [4.69, 9.17) is 5.11 Å². The van der Waals surface area contributed by atoms with Gasteiger partial charge in [-0.2, -0.15) is 26.3 Å². The van der Waals surface area contributed by atoms with Gasteiger partial charge in [0.25, 0.3) is 0 Å². The summed E-state index contributed by atoms with van der Waals surface area (Å²) in [4.78, 5) is 0. The molecule has 1 nitrogen and oxygen atoms in total. The van der Waals surface area contributed by atoms with Crippen LogP contribution < -0.4 is 0 Å². The number of alkyl halides is 6. The molecule has 0 unspecified atom stereocenters. The van der Waals surface area contributed by atoms with Gasteiger partial charge < -0.3 is 5.11 Å². The minimum atomic E-state index is -4.92. The Labute approximate surface area is 105 Å². The molecule has 1 aromatic carbocycles. The van der Waals surface area contributed by atoms with Crippen LogP contribution in [-0.2, 0) is 38.6 Å². The second-order valence-corrected chi connectivity index (χ2v) is 2.76. The van der Waals surface area contributed by atoms with E-state index in [2.05, 4.69) is 0 Å². The SMILES string of the molecule is Oc1cc(C(F)(F)F)cc(C(F)(F)F)c1.[Zr]. The maximum atomic E-state index is 12.1. The van der Waals surface area contributed by atoms with Gasteiger partial charge in [0.15, 0.2) is 0 Å². The van der Waals surface area contributed by atoms with Crippen LogP contribution in [0.1, 0.15) is 11.1 Å². The third kappa shape index (κ3) is 3.81. The Hall–Kier alpha value is -0.517. The van der Waals surface area contributed by atoms with Crippen LogP contribution in [0.5, 0.6) is 5.75 Å². The minimum absolute atomic E-state index is 0. The molecule has 0 radical (unpaired) electrons. The normalized spacial score (nSPS) is 12.1. The third-order valence-electron chi connectivity index (χ3n) is 1.57. The molecule has 1 rings (SSSR count). The van der Waals surface area contributed by atoms with E-state index in [9.17, 15) is 26.3 Å². The van der Waals surface area contributed by atoms with Crippen LogP contribution in [0.25, 0.3) is 0 Å². The van der Waals surface area contributed by atoms with Crippen LogP contribution in [0.3, 0.4) is 0 Å². The van der Waals surface area contributed by atoms with Crippen molar-refractivity contribution in [2.24, 2.45) is 0 Å². The van der Waals surface area contributed by atoms with Crippen molar-refractivity contribution in [1.82, 2.24) is 0 Å². The molecule has 0 atom stereocenters. The standard InChI is InChI=1S/C8H4F6O.Zr/c9-7(10,11)4-1-5(8(12,13)14)3-6(15)2-4;/h1-3,15H;. The van der Waals surface area contributed by atoms with E-state index in [1.54, 1.807) is 0 Å². The van der Waals surface area contributed by atoms with E-state index in [-0.39, 0.29) is 44.4 Å². The number of phenols is 1. The van der Waals surface area contributed by atoms with Gasteiger partial charge in [-0.3, -0.25) is 0 Å². The van der Waals surface area contributed by atoms with Gasteiger partial charge in [0.1, 0.15) is 5.75 Å². The molecular formula is C8H4F6OZr. The average Bonchev–Trinajstić information content (AvgIpc) is 1.99. The summed E-state index contributed by atoms with van der Waals surface area (Å²) in [6, 6.07) is 0.407. The molecule has 0 spiro atoms. The van der Waals surface area contributed by atoms with E-state index in [0.29, 0.717) is 0 Å². The molecule has 0 saturated carbocycles. The Morgan fingerprint density at radius 3 is 1.31 bits per heavy atom. The van der Waals surface area contributed by atoms with Crippen LogP contribution in [0.2, 0.25) is 0 Å². The molecule has 88 valence electrons. The average molecular weight is 321 g/mol. The monoisotopic (exact) mass is 320 g/mol. The quantitative estimate of drug-likeness (QED) is 0.726. The summed E-state index contributed by atoms with van der Waals surface area (Å²) in [5, 5.41) is 8.72. The molecular weight excluding hydrogens is 317 g/mol. The minimum Gasteiger partial charge on any atom is -0.508 e. The second kappa shape index (κ2) is 4.77. The predicted molar refractivity (Wildman–Crippen MR) is 38.1 cm³/mol. The van der Waals surface area contributed by atoms with E-state index < -0.39 is 29.2 Å². The van der Waals surface area contributed by atoms with Crippen molar-refractivity contribution in [3.63, 3.8) is 0 Å². The molecule has 8 heteroatoms. The van der Waals surface area contributed by atoms with E-state index in [1.807, 2.05) is 0 Å². The summed E-state index contributed by atoms with van der Waals surface area (Å²) < 4.78 is 72.3. The number of halogens is 6. The fourth-order valence-corrected chi connectivity index (χ4v) is 0.939. The van der Waals surface area contributed by atoms with Crippen LogP contribution in [0.15, 0.2) is 18.2 Å². The van der Waals surface area contributed by atoms with Crippen molar-refractivity contribution in [2.75, 3.05) is 0 Å². The maximum absolute atomic E-state index is 12.1. The molecule has 0 saturated heterocycles. The summed E-state index contributed by atoms with van der Waals surface area (Å²) >= 11 is 0. The van der Waals surface area contributed by atoms with E-state index >= 15 is 0 Å². The van der Waals surface area contributed by atoms with Crippen LogP contribution in [0.4, 0.5) is 26.3 Å². The summed E-state index contributed by atoms with van der Waals surface area (Å²) in [5.74, 6) is -1.07. The van der Waals surface area contributed by atoms with Crippen LogP contribution in [0, 0.1) is 0 Å². The van der Waals surface area contributed by atoms with Gasteiger partial charge in [-0.25, -0.2) is 0 Å². The van der Waals surface area contributed by atoms with E-state index in [0.717, 1.165) is 0 Å². The first-order chi connectivity index (χ1) is 6.60. The van der Waals surface area contributed by atoms with Gasteiger partial charge in [0, 0.05) is 26.2 Å². The van der Waals surface area contributed by atoms with Crippen molar-refractivity contribution in [1.29, 1.82) is 0 Å². The van der Waals surface area contributed by atoms with Gasteiger partial charge >= 0.3 is 12.4 Å². The fourth-order valence-electron chi connectivity index (χ4n) is 0.939. The van der Waals surface area contributed by atoms with Crippen molar-refractivity contribution < 1.29 is 57.7 Å². The Balaban J connectivity index is 0.00000225. The Morgan fingerprint density at radius 1 is 0.750 bits per heavy atom. The first kappa shape index (κ1) is 15.5. The molecule has 0 fully saturated rings. The summed E-state index contributed by atoms with van der Waals surface area (Å²) in [6.45, 7) is 0. The molecule has 0 aliphatic carbocycles. The molecule has 0 aliphatic rings. The van der Waals surface area contributed by atoms with Crippen LogP contribution in [-0.4, -0.2) is 5.11 Å². The molecule has 0 heterocycles. The summed E-state index contributed by atoms with van der Waals surface area (Å²) in [7, 11) is 0. The molecule has 16 heavy (non-hydrogen) atoms. The molecule has 0 aromatic heterocycles. The maximum Gasteiger partial charge on any atom is 0.416 e. The summed E-state index contributed by atoms with van der Waals surface area (Å²) in [6.07, 6.45) is -9.84. The number of aromatic hydroxyl groups is 1. The Morgan fingerprint density at radius 2 is 1.06 bits per heavy atom. The molecule has 0 bridgehead atoms.